The Balaban J connectivity index is 0.000000464. The van der Waals surface area contributed by atoms with Gasteiger partial charge >= 0.3 is 11.9 Å². The van der Waals surface area contributed by atoms with E-state index in [1.807, 2.05) is 0 Å². The maximum absolute atomic E-state index is 11.1. The molecule has 0 spiro atoms. The lowest BCUT2D eigenvalue weighted by atomic mass is 10.2. The van der Waals surface area contributed by atoms with Gasteiger partial charge in [-0.2, -0.15) is 13.5 Å². The van der Waals surface area contributed by atoms with Gasteiger partial charge in [0.05, 0.1) is 20.6 Å². The highest BCUT2D eigenvalue weighted by Crippen LogP contribution is 2.23. The van der Waals surface area contributed by atoms with Gasteiger partial charge in [-0.25, -0.2) is 9.97 Å². The molecule has 0 amide bonds. The predicted molar refractivity (Wildman–Crippen MR) is 108 cm³/mol. The van der Waals surface area contributed by atoms with Crippen LogP contribution in [-0.4, -0.2) is 36.1 Å². The highest BCUT2D eigenvalue weighted by molar-refractivity contribution is 9.09. The summed E-state index contributed by atoms with van der Waals surface area (Å²) < 4.78 is 9.03. The molecule has 1 unspecified atom stereocenters. The Bertz CT molecular complexity index is 702. The summed E-state index contributed by atoms with van der Waals surface area (Å²) in [6.45, 7) is 0. The van der Waals surface area contributed by atoms with E-state index in [0.29, 0.717) is 10.3 Å². The number of pyridine rings is 2. The van der Waals surface area contributed by atoms with E-state index in [9.17, 15) is 9.59 Å². The monoisotopic (exact) mass is 482 g/mol. The number of nitrogens with zero attached hydrogens (tertiary/aromatic N) is 2. The molecule has 1 atom stereocenters. The van der Waals surface area contributed by atoms with Gasteiger partial charge in [0.15, 0.2) is 0 Å². The van der Waals surface area contributed by atoms with Crippen LogP contribution in [0.25, 0.3) is 0 Å². The minimum atomic E-state index is -0.484. The van der Waals surface area contributed by atoms with Crippen LogP contribution in [-0.2, 0) is 25.5 Å². The summed E-state index contributed by atoms with van der Waals surface area (Å²) in [7, 11) is 2.69. The van der Waals surface area contributed by atoms with Gasteiger partial charge in [0.1, 0.15) is 15.1 Å². The minimum absolute atomic E-state index is 0. The van der Waals surface area contributed by atoms with Crippen LogP contribution in [0.2, 0.25) is 10.3 Å². The van der Waals surface area contributed by atoms with E-state index < -0.39 is 4.83 Å². The molecule has 0 saturated carbocycles. The lowest BCUT2D eigenvalue weighted by Crippen LogP contribution is -2.08. The number of methoxy groups -OCH3 is 2. The first-order valence-electron chi connectivity index (χ1n) is 6.88. The first kappa shape index (κ1) is 24.7. The molecule has 2 aromatic rings. The zero-order chi connectivity index (χ0) is 18.8. The number of aromatic nitrogens is 2. The van der Waals surface area contributed by atoms with Crippen LogP contribution in [0.3, 0.4) is 0 Å². The van der Waals surface area contributed by atoms with E-state index in [-0.39, 0.29) is 31.9 Å². The summed E-state index contributed by atoms with van der Waals surface area (Å²) in [4.78, 5) is 29.0. The summed E-state index contributed by atoms with van der Waals surface area (Å²) in [6, 6.07) is 6.71. The summed E-state index contributed by atoms with van der Waals surface area (Å²) in [5.74, 6) is -0.636. The third-order valence-corrected chi connectivity index (χ3v) is 4.17. The molecule has 0 aliphatic rings. The second kappa shape index (κ2) is 12.9. The molecule has 6 nitrogen and oxygen atoms in total. The Morgan fingerprint density at radius 1 is 1.04 bits per heavy atom. The lowest BCUT2D eigenvalue weighted by Gasteiger charge is -2.06. The van der Waals surface area contributed by atoms with Crippen LogP contribution in [0.1, 0.15) is 16.0 Å². The standard InChI is InChI=1S/C8H7BrClNO2.C8H8ClNO2.H2S/c1-13-8(12)7(9)5-2-3-6(10)11-4-5;1-12-8(11)4-6-2-3-7(9)10-5-6;/h2-4,7H,1H3;2-3,5H,4H2,1H3;1H2. The minimum Gasteiger partial charge on any atom is -0.469 e. The maximum Gasteiger partial charge on any atom is 0.324 e. The van der Waals surface area contributed by atoms with Crippen molar-refractivity contribution in [2.75, 3.05) is 14.2 Å². The number of hydrogen-bond donors (Lipinski definition) is 0. The Morgan fingerprint density at radius 2 is 1.62 bits per heavy atom. The normalized spacial score (nSPS) is 10.5. The molecule has 10 heteroatoms. The molecule has 2 rings (SSSR count). The predicted octanol–water partition coefficient (Wildman–Crippen LogP) is 3.91. The molecular formula is C16H17BrCl2N2O4S. The zero-order valence-electron chi connectivity index (χ0n) is 13.9. The maximum atomic E-state index is 11.1. The average molecular weight is 484 g/mol. The van der Waals surface area contributed by atoms with Gasteiger partial charge in [-0.1, -0.05) is 51.3 Å². The number of rotatable bonds is 4. The van der Waals surface area contributed by atoms with Gasteiger partial charge in [0, 0.05) is 12.4 Å². The van der Waals surface area contributed by atoms with Gasteiger partial charge in [-0.15, -0.1) is 0 Å². The Kier molecular flexibility index (Phi) is 12.2. The quantitative estimate of drug-likeness (QED) is 0.372. The summed E-state index contributed by atoms with van der Waals surface area (Å²) in [5.41, 5.74) is 1.52. The van der Waals surface area contributed by atoms with E-state index in [0.717, 1.165) is 11.1 Å². The van der Waals surface area contributed by atoms with E-state index in [1.165, 1.54) is 20.4 Å². The van der Waals surface area contributed by atoms with E-state index in [4.69, 9.17) is 23.2 Å². The van der Waals surface area contributed by atoms with Crippen LogP contribution in [0.4, 0.5) is 0 Å². The largest absolute Gasteiger partial charge is 0.469 e. The van der Waals surface area contributed by atoms with Crippen molar-refractivity contribution >= 4 is 64.6 Å². The van der Waals surface area contributed by atoms with Crippen LogP contribution < -0.4 is 0 Å². The van der Waals surface area contributed by atoms with Crippen molar-refractivity contribution < 1.29 is 19.1 Å². The van der Waals surface area contributed by atoms with Gasteiger partial charge < -0.3 is 9.47 Å². The SMILES string of the molecule is COC(=O)C(Br)c1ccc(Cl)nc1.COC(=O)Cc1ccc(Cl)nc1.S. The average Bonchev–Trinajstić information content (AvgIpc) is 2.63. The molecular weight excluding hydrogens is 467 g/mol. The van der Waals surface area contributed by atoms with Crippen molar-refractivity contribution in [2.24, 2.45) is 0 Å². The Morgan fingerprint density at radius 3 is 2.04 bits per heavy atom. The molecule has 0 saturated heterocycles. The summed E-state index contributed by atoms with van der Waals surface area (Å²) in [5, 5.41) is 0.817. The van der Waals surface area contributed by atoms with Gasteiger partial charge in [-0.05, 0) is 23.3 Å². The highest BCUT2D eigenvalue weighted by atomic mass is 79.9. The zero-order valence-corrected chi connectivity index (χ0v) is 18.0. The number of halogens is 3. The molecule has 0 radical (unpaired) electrons. The molecule has 0 aliphatic carbocycles. The summed E-state index contributed by atoms with van der Waals surface area (Å²) >= 11 is 14.3. The van der Waals surface area contributed by atoms with E-state index in [1.54, 1.807) is 30.5 Å². The molecule has 0 bridgehead atoms. The van der Waals surface area contributed by atoms with Crippen molar-refractivity contribution in [2.45, 2.75) is 11.2 Å². The molecule has 0 fully saturated rings. The second-order valence-corrected chi connectivity index (χ2v) is 6.23. The molecule has 0 aliphatic heterocycles. The highest BCUT2D eigenvalue weighted by Gasteiger charge is 2.17. The van der Waals surface area contributed by atoms with Crippen LogP contribution in [0, 0.1) is 0 Å². The van der Waals surface area contributed by atoms with Crippen LogP contribution in [0.15, 0.2) is 36.7 Å². The third-order valence-electron chi connectivity index (χ3n) is 2.82. The van der Waals surface area contributed by atoms with Crippen molar-refractivity contribution in [3.05, 3.63) is 58.1 Å². The van der Waals surface area contributed by atoms with Crippen molar-refractivity contribution in [1.82, 2.24) is 9.97 Å². The fourth-order valence-electron chi connectivity index (χ4n) is 1.53. The van der Waals surface area contributed by atoms with Crippen molar-refractivity contribution in [3.63, 3.8) is 0 Å². The number of carbonyl (C=O) groups excluding carboxylic acids is 2. The van der Waals surface area contributed by atoms with Crippen molar-refractivity contribution in [3.8, 4) is 0 Å². The number of hydrogen-bond acceptors (Lipinski definition) is 6. The number of ether oxygens (including phenoxy) is 2. The third kappa shape index (κ3) is 8.84. The molecule has 2 heterocycles. The van der Waals surface area contributed by atoms with Gasteiger partial charge in [-0.3, -0.25) is 9.59 Å². The van der Waals surface area contributed by atoms with Gasteiger partial charge in [0.25, 0.3) is 0 Å². The molecule has 0 N–H and O–H groups in total. The summed E-state index contributed by atoms with van der Waals surface area (Å²) in [6.07, 6.45) is 3.32. The fraction of sp³-hybridized carbons (Fsp3) is 0.250. The Labute approximate surface area is 176 Å². The topological polar surface area (TPSA) is 78.4 Å². The van der Waals surface area contributed by atoms with E-state index in [2.05, 4.69) is 35.4 Å². The molecule has 26 heavy (non-hydrogen) atoms. The van der Waals surface area contributed by atoms with Gasteiger partial charge in [0.2, 0.25) is 0 Å². The molecule has 142 valence electrons. The molecule has 2 aromatic heterocycles. The number of alkyl halides is 1. The smallest absolute Gasteiger partial charge is 0.324 e. The Hall–Kier alpha value is -1.35. The molecule has 0 aromatic carbocycles. The first-order chi connectivity index (χ1) is 11.9. The fourth-order valence-corrected chi connectivity index (χ4v) is 2.21. The lowest BCUT2D eigenvalue weighted by molar-refractivity contribution is -0.140. The van der Waals surface area contributed by atoms with E-state index >= 15 is 0 Å². The van der Waals surface area contributed by atoms with Crippen molar-refractivity contribution in [1.29, 1.82) is 0 Å². The van der Waals surface area contributed by atoms with Crippen LogP contribution >= 0.6 is 52.6 Å². The first-order valence-corrected chi connectivity index (χ1v) is 8.55. The second-order valence-electron chi connectivity index (χ2n) is 4.54. The number of carbonyl (C=O) groups is 2. The number of esters is 2. The van der Waals surface area contributed by atoms with Crippen LogP contribution in [0.5, 0.6) is 0 Å².